The predicted octanol–water partition coefficient (Wildman–Crippen LogP) is 0.744. The molecule has 2 heterocycles. The van der Waals surface area contributed by atoms with Crippen molar-refractivity contribution in [3.8, 4) is 0 Å². The van der Waals surface area contributed by atoms with E-state index in [9.17, 15) is 9.59 Å². The minimum absolute atomic E-state index is 0.0299. The summed E-state index contributed by atoms with van der Waals surface area (Å²) in [6, 6.07) is -0.735. The summed E-state index contributed by atoms with van der Waals surface area (Å²) in [6.07, 6.45) is 2.04. The molecule has 1 aliphatic heterocycles. The Balaban J connectivity index is 1.95. The lowest BCUT2D eigenvalue weighted by Crippen LogP contribution is -2.49. The van der Waals surface area contributed by atoms with Gasteiger partial charge < -0.3 is 16.4 Å². The molecular formula is C16H28N6O2. The van der Waals surface area contributed by atoms with Crippen LogP contribution in [0.2, 0.25) is 0 Å². The van der Waals surface area contributed by atoms with Crippen LogP contribution >= 0.6 is 0 Å². The van der Waals surface area contributed by atoms with E-state index in [1.807, 2.05) is 27.8 Å². The average molecular weight is 336 g/mol. The number of nitrogens with two attached hydrogens (primary N) is 1. The third-order valence-electron chi connectivity index (χ3n) is 4.80. The van der Waals surface area contributed by atoms with Crippen LogP contribution in [-0.2, 0) is 11.8 Å². The molecule has 3 amide bonds. The molecule has 1 aromatic rings. The number of nitrogens with zero attached hydrogens (tertiary/aromatic N) is 3. The summed E-state index contributed by atoms with van der Waals surface area (Å²) in [5.41, 5.74) is 7.68. The lowest BCUT2D eigenvalue weighted by atomic mass is 9.96. The van der Waals surface area contributed by atoms with Crippen molar-refractivity contribution in [1.29, 1.82) is 0 Å². The van der Waals surface area contributed by atoms with Crippen molar-refractivity contribution in [2.75, 3.05) is 25.0 Å². The number of nitrogens with one attached hydrogen (secondary N) is 2. The number of hydrogen-bond donors (Lipinski definition) is 3. The molecule has 8 heteroatoms. The van der Waals surface area contributed by atoms with Crippen molar-refractivity contribution in [3.63, 3.8) is 0 Å². The fraction of sp³-hybridized carbons (Fsp3) is 0.688. The SMILES string of the molecule is Cc1nn(C)c(C)c1NC(=O)[C@H](C)N1CCC[C@H](CNC(N)=O)C1. The van der Waals surface area contributed by atoms with Gasteiger partial charge in [0.1, 0.15) is 0 Å². The lowest BCUT2D eigenvalue weighted by Gasteiger charge is -2.36. The third-order valence-corrected chi connectivity index (χ3v) is 4.80. The molecule has 0 spiro atoms. The van der Waals surface area contributed by atoms with Gasteiger partial charge in [-0.25, -0.2) is 4.79 Å². The van der Waals surface area contributed by atoms with Crippen LogP contribution < -0.4 is 16.4 Å². The summed E-state index contributed by atoms with van der Waals surface area (Å²) in [5, 5.41) is 9.99. The Hall–Kier alpha value is -2.09. The molecule has 1 aromatic heterocycles. The lowest BCUT2D eigenvalue weighted by molar-refractivity contribution is -0.121. The van der Waals surface area contributed by atoms with Gasteiger partial charge in [0.2, 0.25) is 5.91 Å². The van der Waals surface area contributed by atoms with E-state index in [4.69, 9.17) is 5.73 Å². The molecule has 0 radical (unpaired) electrons. The van der Waals surface area contributed by atoms with Crippen molar-refractivity contribution in [2.24, 2.45) is 18.7 Å². The molecule has 0 aliphatic carbocycles. The van der Waals surface area contributed by atoms with Crippen molar-refractivity contribution < 1.29 is 9.59 Å². The zero-order valence-electron chi connectivity index (χ0n) is 14.9. The first-order valence-corrected chi connectivity index (χ1v) is 8.38. The molecule has 24 heavy (non-hydrogen) atoms. The van der Waals surface area contributed by atoms with E-state index in [0.29, 0.717) is 12.5 Å². The predicted molar refractivity (Wildman–Crippen MR) is 92.7 cm³/mol. The smallest absolute Gasteiger partial charge is 0.312 e. The van der Waals surface area contributed by atoms with Crippen LogP contribution in [0.15, 0.2) is 0 Å². The average Bonchev–Trinajstić information content (AvgIpc) is 2.78. The van der Waals surface area contributed by atoms with E-state index < -0.39 is 6.03 Å². The molecular weight excluding hydrogens is 308 g/mol. The zero-order valence-corrected chi connectivity index (χ0v) is 14.9. The molecule has 2 rings (SSSR count). The fourth-order valence-corrected chi connectivity index (χ4v) is 3.21. The molecule has 1 saturated heterocycles. The number of aryl methyl sites for hydroxylation is 2. The van der Waals surface area contributed by atoms with Gasteiger partial charge >= 0.3 is 6.03 Å². The van der Waals surface area contributed by atoms with Crippen molar-refractivity contribution in [2.45, 2.75) is 39.7 Å². The standard InChI is InChI=1S/C16H28N6O2/c1-10-14(11(2)21(4)20-10)19-15(23)12(3)22-7-5-6-13(9-22)8-18-16(17)24/h12-13H,5-9H2,1-4H3,(H,19,23)(H3,17,18,24)/t12-,13+/m0/s1. The highest BCUT2D eigenvalue weighted by molar-refractivity contribution is 5.95. The van der Waals surface area contributed by atoms with E-state index in [0.717, 1.165) is 43.0 Å². The second-order valence-corrected chi connectivity index (χ2v) is 6.58. The minimum Gasteiger partial charge on any atom is -0.352 e. The summed E-state index contributed by atoms with van der Waals surface area (Å²) >= 11 is 0. The number of primary amides is 1. The number of rotatable bonds is 5. The van der Waals surface area contributed by atoms with Gasteiger partial charge in [-0.15, -0.1) is 0 Å². The van der Waals surface area contributed by atoms with Gasteiger partial charge in [0, 0.05) is 20.1 Å². The number of anilines is 1. The van der Waals surface area contributed by atoms with Gasteiger partial charge in [0.05, 0.1) is 23.1 Å². The molecule has 0 unspecified atom stereocenters. The highest BCUT2D eigenvalue weighted by atomic mass is 16.2. The van der Waals surface area contributed by atoms with Gasteiger partial charge in [-0.3, -0.25) is 14.4 Å². The van der Waals surface area contributed by atoms with E-state index in [2.05, 4.69) is 20.6 Å². The number of urea groups is 1. The summed E-state index contributed by atoms with van der Waals surface area (Å²) in [5.74, 6) is 0.293. The fourth-order valence-electron chi connectivity index (χ4n) is 3.21. The highest BCUT2D eigenvalue weighted by Gasteiger charge is 2.28. The van der Waals surface area contributed by atoms with E-state index in [1.54, 1.807) is 4.68 Å². The Morgan fingerprint density at radius 1 is 1.42 bits per heavy atom. The summed E-state index contributed by atoms with van der Waals surface area (Å²) in [7, 11) is 1.86. The molecule has 0 saturated carbocycles. The monoisotopic (exact) mass is 336 g/mol. The van der Waals surface area contributed by atoms with Gasteiger partial charge in [-0.2, -0.15) is 5.10 Å². The maximum absolute atomic E-state index is 12.6. The first kappa shape index (κ1) is 18.3. The molecule has 1 aliphatic rings. The van der Waals surface area contributed by atoms with E-state index in [-0.39, 0.29) is 11.9 Å². The second-order valence-electron chi connectivity index (χ2n) is 6.58. The van der Waals surface area contributed by atoms with Crippen LogP contribution in [0.1, 0.15) is 31.2 Å². The van der Waals surface area contributed by atoms with Gasteiger partial charge in [0.15, 0.2) is 0 Å². The molecule has 134 valence electrons. The number of carbonyl (C=O) groups is 2. The van der Waals surface area contributed by atoms with E-state index >= 15 is 0 Å². The molecule has 8 nitrogen and oxygen atoms in total. The number of carbonyl (C=O) groups excluding carboxylic acids is 2. The number of likely N-dealkylation sites (tertiary alicyclic amines) is 1. The van der Waals surface area contributed by atoms with Crippen molar-refractivity contribution in [3.05, 3.63) is 11.4 Å². The maximum atomic E-state index is 12.6. The van der Waals surface area contributed by atoms with Crippen LogP contribution in [0, 0.1) is 19.8 Å². The van der Waals surface area contributed by atoms with Crippen LogP contribution in [0.5, 0.6) is 0 Å². The van der Waals surface area contributed by atoms with Gasteiger partial charge in [-0.05, 0) is 46.1 Å². The van der Waals surface area contributed by atoms with Crippen molar-refractivity contribution in [1.82, 2.24) is 20.0 Å². The van der Waals surface area contributed by atoms with Crippen LogP contribution in [0.4, 0.5) is 10.5 Å². The molecule has 2 atom stereocenters. The Morgan fingerprint density at radius 2 is 2.12 bits per heavy atom. The first-order chi connectivity index (χ1) is 11.3. The molecule has 0 bridgehead atoms. The second kappa shape index (κ2) is 7.65. The highest BCUT2D eigenvalue weighted by Crippen LogP contribution is 2.21. The Bertz CT molecular complexity index is 612. The summed E-state index contributed by atoms with van der Waals surface area (Å²) in [4.78, 5) is 25.6. The number of hydrogen-bond acceptors (Lipinski definition) is 4. The van der Waals surface area contributed by atoms with Crippen molar-refractivity contribution >= 4 is 17.6 Å². The van der Waals surface area contributed by atoms with Gasteiger partial charge in [-0.1, -0.05) is 0 Å². The Kier molecular flexibility index (Phi) is 5.82. The Morgan fingerprint density at radius 3 is 2.71 bits per heavy atom. The number of piperidine rings is 1. The molecule has 0 aromatic carbocycles. The number of amides is 3. The summed E-state index contributed by atoms with van der Waals surface area (Å²) < 4.78 is 1.77. The number of aromatic nitrogens is 2. The zero-order chi connectivity index (χ0) is 17.9. The van der Waals surface area contributed by atoms with Crippen LogP contribution in [-0.4, -0.2) is 52.3 Å². The quantitative estimate of drug-likeness (QED) is 0.737. The summed E-state index contributed by atoms with van der Waals surface area (Å²) in [6.45, 7) is 7.96. The topological polar surface area (TPSA) is 105 Å². The minimum atomic E-state index is -0.500. The maximum Gasteiger partial charge on any atom is 0.312 e. The van der Waals surface area contributed by atoms with Gasteiger partial charge in [0.25, 0.3) is 0 Å². The first-order valence-electron chi connectivity index (χ1n) is 8.38. The van der Waals surface area contributed by atoms with Crippen LogP contribution in [0.25, 0.3) is 0 Å². The van der Waals surface area contributed by atoms with Crippen LogP contribution in [0.3, 0.4) is 0 Å². The van der Waals surface area contributed by atoms with E-state index in [1.165, 1.54) is 0 Å². The molecule has 1 fully saturated rings. The largest absolute Gasteiger partial charge is 0.352 e. The molecule has 4 N–H and O–H groups in total. The Labute approximate surface area is 142 Å². The normalized spacial score (nSPS) is 19.8. The third kappa shape index (κ3) is 4.25.